The number of nitriles is 7. The quantitative estimate of drug-likeness (QED) is 0.0958. The van der Waals surface area contributed by atoms with Gasteiger partial charge in [-0.1, -0.05) is 146 Å². The molecule has 0 saturated carbocycles. The summed E-state index contributed by atoms with van der Waals surface area (Å²) < 4.78 is 130. The van der Waals surface area contributed by atoms with E-state index in [2.05, 4.69) is 44.4 Å². The van der Waals surface area contributed by atoms with Crippen molar-refractivity contribution in [2.75, 3.05) is 0 Å². The van der Waals surface area contributed by atoms with Crippen molar-refractivity contribution in [3.63, 3.8) is 0 Å². The highest BCUT2D eigenvalue weighted by Crippen LogP contribution is 2.45. The molecule has 26 heteroatoms. The summed E-state index contributed by atoms with van der Waals surface area (Å²) >= 11 is 3.39. The van der Waals surface area contributed by atoms with Crippen LogP contribution in [-0.4, -0.2) is 41.2 Å². The normalized spacial score (nSPS) is 11.1. The maximum Gasteiger partial charge on any atom is 0.164 e. The van der Waals surface area contributed by atoms with Crippen molar-refractivity contribution in [2.24, 2.45) is 0 Å². The summed E-state index contributed by atoms with van der Waals surface area (Å²) in [4.78, 5) is 15.1. The summed E-state index contributed by atoms with van der Waals surface area (Å²) in [6.45, 7) is 0. The van der Waals surface area contributed by atoms with Gasteiger partial charge in [-0.2, -0.15) is 63.1 Å². The van der Waals surface area contributed by atoms with E-state index in [-0.39, 0.29) is 27.8 Å². The SMILES string of the molecule is N#Cc1ccc(-c2ccc3c(c2)nc(-c2ccc(-c4c(F)cc(C#N)cc4F)cc2)c2ccc4nsnc4c23)cc1.N#Cc1cccc(-c2ccc3c(c2)nc(-c2ccc(-c4c(F)c(C#N)c(F)c(C#N)c4F)cc2)c2ccc4nsnc4c23)c1.N#Cc1cccc(-c2ccc3c(c2)nc(-c2ccc(-c4c(F)cc(C#N)cc4F)cc2)c2ccc4nsnc4c23)c1. The minimum atomic E-state index is -1.53. The summed E-state index contributed by atoms with van der Waals surface area (Å²) in [5.41, 5.74) is 15.4. The summed E-state index contributed by atoms with van der Waals surface area (Å²) in [7, 11) is 0. The Morgan fingerprint density at radius 1 is 0.214 bits per heavy atom. The standard InChI is InChI=1S/C34H13F3N6S.2C33H15F2N5S/c35-30-24(15-39)31(36)28(32(37)25(30)16-40)18-4-6-19(7-5-18)33-23-10-11-26-34(43-44-42-26)29(23)22-9-8-21(13-27(22)41-33)20-3-1-2-17(12-20)14-38;34-26-13-19(17-37)14-27(35)30(26)21-5-7-22(8-6-21)32-25-11-12-28-33(40-41-39-28)31(25)24-10-9-23(15-29(24)38-32)20-3-1-18(16-36)2-4-20;34-26-13-19(17-37)14-27(35)30(26)20-4-6-21(7-5-20)32-25-10-11-28-33(40-41-39-28)31(25)24-9-8-23(15-29(24)38-32)22-3-1-2-18(12-22)16-36/h1-13H;2*1-15H. The number of aromatic nitrogens is 9. The van der Waals surface area contributed by atoms with E-state index in [9.17, 15) is 43.0 Å². The minimum Gasteiger partial charge on any atom is -0.247 e. The fourth-order valence-electron chi connectivity index (χ4n) is 15.8. The zero-order valence-electron chi connectivity index (χ0n) is 64.4. The first kappa shape index (κ1) is 78.6. The highest BCUT2D eigenvalue weighted by molar-refractivity contribution is 7.00. The molecule has 0 N–H and O–H groups in total. The zero-order chi connectivity index (χ0) is 86.7. The van der Waals surface area contributed by atoms with Crippen molar-refractivity contribution in [1.29, 1.82) is 36.8 Å². The Labute approximate surface area is 720 Å². The van der Waals surface area contributed by atoms with Crippen LogP contribution in [-0.2, 0) is 0 Å². The van der Waals surface area contributed by atoms with Crippen LogP contribution in [0.3, 0.4) is 0 Å². The Balaban J connectivity index is 0.000000124. The zero-order valence-corrected chi connectivity index (χ0v) is 66.8. The molecule has 590 valence electrons. The second-order valence-corrected chi connectivity index (χ2v) is 30.5. The molecule has 21 rings (SSSR count). The average molecular weight is 1700 g/mol. The molecule has 0 atom stereocenters. The molecular formula is C100H43F7N16S3. The van der Waals surface area contributed by atoms with Crippen LogP contribution in [0.5, 0.6) is 0 Å². The maximum atomic E-state index is 15.1. The third-order valence-electron chi connectivity index (χ3n) is 21.8. The molecule has 15 aromatic carbocycles. The first-order valence-corrected chi connectivity index (χ1v) is 40.3. The number of fused-ring (bicyclic) bond motifs is 15. The van der Waals surface area contributed by atoms with Crippen LogP contribution in [0.1, 0.15) is 38.9 Å². The van der Waals surface area contributed by atoms with Crippen molar-refractivity contribution in [1.82, 2.24) is 41.2 Å². The van der Waals surface area contributed by atoms with E-state index in [0.717, 1.165) is 191 Å². The van der Waals surface area contributed by atoms with Crippen molar-refractivity contribution < 1.29 is 30.7 Å². The van der Waals surface area contributed by atoms with Gasteiger partial charge in [-0.25, -0.2) is 45.7 Å². The monoisotopic (exact) mass is 1700 g/mol. The smallest absolute Gasteiger partial charge is 0.164 e. The van der Waals surface area contributed by atoms with E-state index in [1.807, 2.05) is 133 Å². The molecule has 0 saturated heterocycles. The highest BCUT2D eigenvalue weighted by Gasteiger charge is 2.28. The number of halogens is 7. The predicted molar refractivity (Wildman–Crippen MR) is 472 cm³/mol. The lowest BCUT2D eigenvalue weighted by Gasteiger charge is -2.13. The lowest BCUT2D eigenvalue weighted by Crippen LogP contribution is -2.03. The molecular weight excluding hydrogens is 1650 g/mol. The second-order valence-electron chi connectivity index (χ2n) is 28.9. The molecule has 0 aliphatic rings. The molecule has 21 aromatic rings. The second kappa shape index (κ2) is 32.4. The number of nitrogens with zero attached hydrogens (tertiary/aromatic N) is 16. The van der Waals surface area contributed by atoms with Gasteiger partial charge in [0.1, 0.15) is 79.6 Å². The average Bonchev–Trinajstić information content (AvgIpc) is 1.29. The Hall–Kier alpha value is -17.3. The Bertz CT molecular complexity index is 8460. The van der Waals surface area contributed by atoms with Gasteiger partial charge in [-0.05, 0) is 165 Å². The largest absolute Gasteiger partial charge is 0.247 e. The van der Waals surface area contributed by atoms with Gasteiger partial charge in [-0.3, -0.25) is 0 Å². The number of hydrogen-bond donors (Lipinski definition) is 0. The molecule has 6 heterocycles. The molecule has 6 aromatic heterocycles. The fraction of sp³-hybridized carbons (Fsp3) is 0. The Morgan fingerprint density at radius 3 is 0.825 bits per heavy atom. The molecule has 0 aliphatic carbocycles. The molecule has 0 unspecified atom stereocenters. The number of hydrogen-bond acceptors (Lipinski definition) is 19. The van der Waals surface area contributed by atoms with Crippen molar-refractivity contribution in [3.05, 3.63) is 341 Å². The lowest BCUT2D eigenvalue weighted by molar-refractivity contribution is 0.539. The Kier molecular flexibility index (Phi) is 20.2. The minimum absolute atomic E-state index is 0.0209. The van der Waals surface area contributed by atoms with Crippen molar-refractivity contribution in [3.8, 4) is 143 Å². The molecule has 0 aliphatic heterocycles. The summed E-state index contributed by atoms with van der Waals surface area (Å²) in [6, 6.07) is 88.2. The summed E-state index contributed by atoms with van der Waals surface area (Å²) in [5, 5.41) is 72.3. The molecule has 0 fully saturated rings. The fourth-order valence-corrected chi connectivity index (χ4v) is 17.4. The highest BCUT2D eigenvalue weighted by atomic mass is 32.1. The van der Waals surface area contributed by atoms with Gasteiger partial charge in [-0.15, -0.1) is 0 Å². The maximum absolute atomic E-state index is 15.1. The van der Waals surface area contributed by atoms with E-state index in [0.29, 0.717) is 61.5 Å². The van der Waals surface area contributed by atoms with Crippen LogP contribution in [0, 0.1) is 120 Å². The van der Waals surface area contributed by atoms with Crippen LogP contribution in [0.4, 0.5) is 30.7 Å². The summed E-state index contributed by atoms with van der Waals surface area (Å²) in [6.07, 6.45) is 0. The van der Waals surface area contributed by atoms with Crippen LogP contribution in [0.2, 0.25) is 0 Å². The number of pyridine rings is 3. The van der Waals surface area contributed by atoms with Crippen LogP contribution < -0.4 is 0 Å². The number of benzene rings is 15. The predicted octanol–water partition coefficient (Wildman–Crippen LogP) is 25.3. The van der Waals surface area contributed by atoms with E-state index in [1.54, 1.807) is 103 Å². The lowest BCUT2D eigenvalue weighted by atomic mass is 9.94. The third kappa shape index (κ3) is 13.9. The molecule has 0 spiro atoms. The third-order valence-corrected chi connectivity index (χ3v) is 23.4. The van der Waals surface area contributed by atoms with E-state index in [4.69, 9.17) is 30.7 Å². The van der Waals surface area contributed by atoms with E-state index >= 15 is 8.78 Å². The van der Waals surface area contributed by atoms with Gasteiger partial charge >= 0.3 is 0 Å². The first-order valence-electron chi connectivity index (χ1n) is 38.1. The van der Waals surface area contributed by atoms with Gasteiger partial charge in [0.05, 0.1) is 144 Å². The van der Waals surface area contributed by atoms with Crippen LogP contribution >= 0.6 is 35.2 Å². The van der Waals surface area contributed by atoms with Gasteiger partial charge in [0.25, 0.3) is 0 Å². The summed E-state index contributed by atoms with van der Waals surface area (Å²) in [5.74, 6) is -7.47. The number of rotatable bonds is 9. The first-order chi connectivity index (χ1) is 61.5. The van der Waals surface area contributed by atoms with Crippen LogP contribution in [0.25, 0.3) is 199 Å². The van der Waals surface area contributed by atoms with Gasteiger partial charge in [0.15, 0.2) is 17.5 Å². The van der Waals surface area contributed by atoms with Crippen molar-refractivity contribution >= 4 is 133 Å². The molecule has 16 nitrogen and oxygen atoms in total. The van der Waals surface area contributed by atoms with Gasteiger partial charge < -0.3 is 0 Å². The van der Waals surface area contributed by atoms with Crippen molar-refractivity contribution in [2.45, 2.75) is 0 Å². The van der Waals surface area contributed by atoms with E-state index < -0.39 is 57.4 Å². The van der Waals surface area contributed by atoms with E-state index in [1.165, 1.54) is 24.3 Å². The Morgan fingerprint density at radius 2 is 0.500 bits per heavy atom. The van der Waals surface area contributed by atoms with Crippen LogP contribution in [0.15, 0.2) is 261 Å². The molecule has 0 amide bonds. The molecule has 0 bridgehead atoms. The molecule has 126 heavy (non-hydrogen) atoms. The molecule has 0 radical (unpaired) electrons. The van der Waals surface area contributed by atoms with Gasteiger partial charge in [0, 0.05) is 65.2 Å². The van der Waals surface area contributed by atoms with Gasteiger partial charge in [0.2, 0.25) is 0 Å². The topological polar surface area (TPSA) is 283 Å².